The molecular weight excluding hydrogens is 348 g/mol. The molecule has 0 spiro atoms. The fraction of sp³-hybridized carbons (Fsp3) is 0.350. The van der Waals surface area contributed by atoms with Gasteiger partial charge in [-0.15, -0.1) is 0 Å². The predicted molar refractivity (Wildman–Crippen MR) is 105 cm³/mol. The molecule has 6 heteroatoms. The molecule has 0 saturated carbocycles. The zero-order valence-electron chi connectivity index (χ0n) is 15.3. The van der Waals surface area contributed by atoms with Crippen molar-refractivity contribution in [2.45, 2.75) is 38.0 Å². The van der Waals surface area contributed by atoms with Crippen molar-refractivity contribution in [1.29, 1.82) is 0 Å². The van der Waals surface area contributed by atoms with Crippen molar-refractivity contribution in [3.8, 4) is 0 Å². The van der Waals surface area contributed by atoms with E-state index in [1.807, 2.05) is 37.3 Å². The Morgan fingerprint density at radius 2 is 1.73 bits per heavy atom. The van der Waals surface area contributed by atoms with Crippen LogP contribution in [-0.2, 0) is 10.0 Å². The van der Waals surface area contributed by atoms with E-state index in [2.05, 4.69) is 11.6 Å². The molecule has 0 heterocycles. The van der Waals surface area contributed by atoms with Gasteiger partial charge in [0.2, 0.25) is 10.0 Å². The lowest BCUT2D eigenvalue weighted by molar-refractivity contribution is 0.0988. The molecule has 0 bridgehead atoms. The molecule has 1 amide bonds. The van der Waals surface area contributed by atoms with Crippen molar-refractivity contribution >= 4 is 21.6 Å². The number of carbonyl (C=O) groups excluding carboxylic acids is 1. The van der Waals surface area contributed by atoms with Crippen molar-refractivity contribution in [2.75, 3.05) is 18.0 Å². The number of unbranched alkanes of at least 4 members (excludes halogenated alkanes) is 2. The zero-order valence-corrected chi connectivity index (χ0v) is 16.1. The van der Waals surface area contributed by atoms with E-state index in [0.717, 1.165) is 24.9 Å². The van der Waals surface area contributed by atoms with Crippen LogP contribution in [0.15, 0.2) is 59.5 Å². The van der Waals surface area contributed by atoms with Gasteiger partial charge in [-0.05, 0) is 43.7 Å². The normalized spacial score (nSPS) is 11.3. The molecule has 0 aliphatic rings. The number of rotatable bonds is 9. The monoisotopic (exact) mass is 374 g/mol. The largest absolute Gasteiger partial charge is 0.309 e. The summed E-state index contributed by atoms with van der Waals surface area (Å²) >= 11 is 0. The van der Waals surface area contributed by atoms with Gasteiger partial charge in [0.1, 0.15) is 0 Å². The third kappa shape index (κ3) is 5.16. The second kappa shape index (κ2) is 9.50. The van der Waals surface area contributed by atoms with E-state index in [4.69, 9.17) is 0 Å². The van der Waals surface area contributed by atoms with Crippen LogP contribution in [0.25, 0.3) is 0 Å². The smallest absolute Gasteiger partial charge is 0.258 e. The van der Waals surface area contributed by atoms with Crippen LogP contribution in [0.3, 0.4) is 0 Å². The minimum Gasteiger partial charge on any atom is -0.309 e. The molecule has 26 heavy (non-hydrogen) atoms. The lowest BCUT2D eigenvalue weighted by atomic mass is 10.2. The van der Waals surface area contributed by atoms with E-state index in [-0.39, 0.29) is 10.8 Å². The third-order valence-electron chi connectivity index (χ3n) is 4.09. The average Bonchev–Trinajstić information content (AvgIpc) is 2.67. The first kappa shape index (κ1) is 20.1. The molecule has 140 valence electrons. The summed E-state index contributed by atoms with van der Waals surface area (Å²) < 4.78 is 27.5. The van der Waals surface area contributed by atoms with E-state index in [1.54, 1.807) is 17.0 Å². The van der Waals surface area contributed by atoms with Gasteiger partial charge in [-0.3, -0.25) is 4.79 Å². The van der Waals surface area contributed by atoms with E-state index in [1.165, 1.54) is 12.1 Å². The van der Waals surface area contributed by atoms with Gasteiger partial charge >= 0.3 is 0 Å². The van der Waals surface area contributed by atoms with Crippen LogP contribution in [0, 0.1) is 0 Å². The van der Waals surface area contributed by atoms with Crippen molar-refractivity contribution in [3.05, 3.63) is 60.2 Å². The molecule has 0 unspecified atom stereocenters. The van der Waals surface area contributed by atoms with Crippen LogP contribution in [0.2, 0.25) is 0 Å². The van der Waals surface area contributed by atoms with Gasteiger partial charge in [0.25, 0.3) is 5.91 Å². The zero-order chi connectivity index (χ0) is 19.0. The number of hydrogen-bond acceptors (Lipinski definition) is 3. The minimum absolute atomic E-state index is 0.115. The maximum Gasteiger partial charge on any atom is 0.258 e. The summed E-state index contributed by atoms with van der Waals surface area (Å²) in [5.41, 5.74) is 1.14. The Balaban J connectivity index is 2.21. The number of amides is 1. The summed E-state index contributed by atoms with van der Waals surface area (Å²) in [6.07, 6.45) is 2.80. The summed E-state index contributed by atoms with van der Waals surface area (Å²) in [6.45, 7) is 4.85. The Labute approximate surface area is 156 Å². The second-order valence-electron chi connectivity index (χ2n) is 6.02. The summed E-state index contributed by atoms with van der Waals surface area (Å²) in [4.78, 5) is 14.6. The predicted octanol–water partition coefficient (Wildman–Crippen LogP) is 3.82. The summed E-state index contributed by atoms with van der Waals surface area (Å²) in [5.74, 6) is -0.221. The van der Waals surface area contributed by atoms with Crippen LogP contribution in [0.4, 0.5) is 5.69 Å². The molecule has 0 saturated heterocycles. The van der Waals surface area contributed by atoms with Crippen LogP contribution in [0.1, 0.15) is 43.5 Å². The number of nitrogens with one attached hydrogen (secondary N) is 1. The molecule has 0 aromatic heterocycles. The first-order chi connectivity index (χ1) is 12.5. The van der Waals surface area contributed by atoms with Gasteiger partial charge in [0.15, 0.2) is 0 Å². The van der Waals surface area contributed by atoms with Gasteiger partial charge in [-0.25, -0.2) is 13.1 Å². The van der Waals surface area contributed by atoms with Crippen LogP contribution in [0.5, 0.6) is 0 Å². The summed E-state index contributed by atoms with van der Waals surface area (Å²) in [5, 5.41) is 0. The Morgan fingerprint density at radius 3 is 2.38 bits per heavy atom. The van der Waals surface area contributed by atoms with Crippen LogP contribution < -0.4 is 9.62 Å². The Bertz CT molecular complexity index is 820. The Hall–Kier alpha value is -2.18. The molecular formula is C20H26N2O3S. The molecule has 0 atom stereocenters. The minimum atomic E-state index is -3.61. The van der Waals surface area contributed by atoms with E-state index in [9.17, 15) is 13.2 Å². The maximum absolute atomic E-state index is 12.9. The van der Waals surface area contributed by atoms with Gasteiger partial charge in [-0.1, -0.05) is 44.0 Å². The number of para-hydroxylation sites is 1. The number of hydrogen-bond donors (Lipinski definition) is 1. The van der Waals surface area contributed by atoms with Gasteiger partial charge in [0, 0.05) is 24.3 Å². The molecule has 2 aromatic carbocycles. The van der Waals surface area contributed by atoms with E-state index < -0.39 is 10.0 Å². The molecule has 0 radical (unpaired) electrons. The first-order valence-corrected chi connectivity index (χ1v) is 10.4. The molecule has 2 aromatic rings. The van der Waals surface area contributed by atoms with Crippen LogP contribution in [-0.4, -0.2) is 27.4 Å². The van der Waals surface area contributed by atoms with Crippen molar-refractivity contribution in [3.63, 3.8) is 0 Å². The quantitative estimate of drug-likeness (QED) is 0.679. The van der Waals surface area contributed by atoms with Crippen LogP contribution >= 0.6 is 0 Å². The van der Waals surface area contributed by atoms with Gasteiger partial charge in [-0.2, -0.15) is 0 Å². The first-order valence-electron chi connectivity index (χ1n) is 8.96. The second-order valence-corrected chi connectivity index (χ2v) is 7.78. The van der Waals surface area contributed by atoms with Crippen molar-refractivity contribution in [2.24, 2.45) is 0 Å². The SMILES string of the molecule is CCCCCNS(=O)(=O)c1cccc(C(=O)N(CC)c2ccccc2)c1. The lowest BCUT2D eigenvalue weighted by Gasteiger charge is -2.21. The number of nitrogens with zero attached hydrogens (tertiary/aromatic N) is 1. The highest BCUT2D eigenvalue weighted by molar-refractivity contribution is 7.89. The lowest BCUT2D eigenvalue weighted by Crippen LogP contribution is -2.31. The molecule has 5 nitrogen and oxygen atoms in total. The molecule has 0 aliphatic heterocycles. The number of carbonyl (C=O) groups is 1. The highest BCUT2D eigenvalue weighted by Crippen LogP contribution is 2.18. The highest BCUT2D eigenvalue weighted by atomic mass is 32.2. The highest BCUT2D eigenvalue weighted by Gasteiger charge is 2.19. The fourth-order valence-electron chi connectivity index (χ4n) is 2.67. The fourth-order valence-corrected chi connectivity index (χ4v) is 3.79. The van der Waals surface area contributed by atoms with Crippen molar-refractivity contribution in [1.82, 2.24) is 4.72 Å². The molecule has 0 fully saturated rings. The Morgan fingerprint density at radius 1 is 1.00 bits per heavy atom. The number of anilines is 1. The third-order valence-corrected chi connectivity index (χ3v) is 5.55. The van der Waals surface area contributed by atoms with E-state index in [0.29, 0.717) is 18.7 Å². The maximum atomic E-state index is 12.9. The van der Waals surface area contributed by atoms with Gasteiger partial charge in [0.05, 0.1) is 4.90 Å². The molecule has 2 rings (SSSR count). The summed E-state index contributed by atoms with van der Waals surface area (Å²) in [7, 11) is -3.61. The molecule has 0 aliphatic carbocycles. The topological polar surface area (TPSA) is 66.5 Å². The van der Waals surface area contributed by atoms with Crippen molar-refractivity contribution < 1.29 is 13.2 Å². The Kier molecular flexibility index (Phi) is 7.36. The number of benzene rings is 2. The average molecular weight is 375 g/mol. The van der Waals surface area contributed by atoms with Gasteiger partial charge < -0.3 is 4.90 Å². The number of sulfonamides is 1. The van der Waals surface area contributed by atoms with E-state index >= 15 is 0 Å². The molecule has 1 N–H and O–H groups in total. The standard InChI is InChI=1S/C20H26N2O3S/c1-3-5-9-15-21-26(24,25)19-14-10-11-17(16-19)20(23)22(4-2)18-12-7-6-8-13-18/h6-8,10-14,16,21H,3-5,9,15H2,1-2H3. The summed E-state index contributed by atoms with van der Waals surface area (Å²) in [6, 6.07) is 15.5.